The van der Waals surface area contributed by atoms with Gasteiger partial charge >= 0.3 is 0 Å². The van der Waals surface area contributed by atoms with Gasteiger partial charge < -0.3 is 29.9 Å². The van der Waals surface area contributed by atoms with Crippen LogP contribution in [0.3, 0.4) is 0 Å². The first kappa shape index (κ1) is 30.9. The predicted octanol–water partition coefficient (Wildman–Crippen LogP) is 5.46. The number of hydrogen-bond acceptors (Lipinski definition) is 6. The smallest absolute Gasteiger partial charge is 0.186 e. The van der Waals surface area contributed by atoms with Crippen LogP contribution in [0.2, 0.25) is 0 Å². The van der Waals surface area contributed by atoms with Crippen molar-refractivity contribution in [3.05, 3.63) is 11.6 Å². The van der Waals surface area contributed by atoms with Crippen LogP contribution in [0.15, 0.2) is 11.6 Å². The highest BCUT2D eigenvalue weighted by molar-refractivity contribution is 5.26. The van der Waals surface area contributed by atoms with Gasteiger partial charge in [0.25, 0.3) is 0 Å². The Morgan fingerprint density at radius 3 is 2.38 bits per heavy atom. The largest absolute Gasteiger partial charge is 0.393 e. The first-order valence-corrected chi connectivity index (χ1v) is 16.5. The normalized spacial score (nSPS) is 50.5. The first-order chi connectivity index (χ1) is 18.8. The standard InChI is InChI=1S/C34H58O6/c1-18(2)19(3)8-9-20(4)28-27(35)17-26-24-11-10-22-16-23(40-32-31(38)30(37)29(36)21(5)39-32)12-14-33(22,6)25(24)13-15-34(26,28)7/h10,18-21,23-32,35-38H,8-9,11-17H2,1-7H3/t19-,20+,21-,23-,24+,25-,26-,27-,28-,29+,30+,31-,32-,33-,34-/m0/s1. The summed E-state index contributed by atoms with van der Waals surface area (Å²) in [5.41, 5.74) is 1.86. The average Bonchev–Trinajstić information content (AvgIpc) is 3.18. The lowest BCUT2D eigenvalue weighted by Gasteiger charge is -2.58. The van der Waals surface area contributed by atoms with Crippen molar-refractivity contribution in [1.29, 1.82) is 0 Å². The van der Waals surface area contributed by atoms with Crippen LogP contribution in [-0.2, 0) is 9.47 Å². The van der Waals surface area contributed by atoms with Gasteiger partial charge in [-0.3, -0.25) is 0 Å². The molecular weight excluding hydrogens is 504 g/mol. The summed E-state index contributed by atoms with van der Waals surface area (Å²) in [5, 5.41) is 42.2. The minimum absolute atomic E-state index is 0.0641. The van der Waals surface area contributed by atoms with E-state index >= 15 is 0 Å². The van der Waals surface area contributed by atoms with Crippen LogP contribution in [0.25, 0.3) is 0 Å². The summed E-state index contributed by atoms with van der Waals surface area (Å²) in [4.78, 5) is 0. The van der Waals surface area contributed by atoms with Gasteiger partial charge in [0.15, 0.2) is 6.29 Å². The van der Waals surface area contributed by atoms with Gasteiger partial charge in [-0.05, 0) is 104 Å². The van der Waals surface area contributed by atoms with E-state index in [1.165, 1.54) is 31.3 Å². The number of allylic oxidation sites excluding steroid dienone is 1. The Morgan fingerprint density at radius 2 is 1.68 bits per heavy atom. The van der Waals surface area contributed by atoms with E-state index in [9.17, 15) is 20.4 Å². The molecule has 6 nitrogen and oxygen atoms in total. The second-order valence-corrected chi connectivity index (χ2v) is 15.6. The number of hydrogen-bond donors (Lipinski definition) is 4. The second-order valence-electron chi connectivity index (χ2n) is 15.6. The Balaban J connectivity index is 1.26. The molecule has 1 heterocycles. The molecule has 0 amide bonds. The van der Waals surface area contributed by atoms with E-state index in [0.29, 0.717) is 35.5 Å². The van der Waals surface area contributed by atoms with Crippen LogP contribution in [0.5, 0.6) is 0 Å². The molecule has 4 fully saturated rings. The van der Waals surface area contributed by atoms with Crippen LogP contribution in [0.4, 0.5) is 0 Å². The third kappa shape index (κ3) is 5.26. The molecule has 5 rings (SSSR count). The van der Waals surface area contributed by atoms with E-state index in [1.807, 2.05) is 0 Å². The molecule has 4 N–H and O–H groups in total. The second kappa shape index (κ2) is 11.5. The molecule has 0 unspecified atom stereocenters. The molecule has 1 saturated heterocycles. The lowest BCUT2D eigenvalue weighted by molar-refractivity contribution is -0.305. The fourth-order valence-corrected chi connectivity index (χ4v) is 10.2. The third-order valence-electron chi connectivity index (χ3n) is 13.1. The van der Waals surface area contributed by atoms with Crippen molar-refractivity contribution in [2.45, 2.75) is 149 Å². The quantitative estimate of drug-likeness (QED) is 0.308. The number of rotatable bonds is 7. The molecule has 230 valence electrons. The van der Waals surface area contributed by atoms with E-state index in [1.54, 1.807) is 6.92 Å². The van der Waals surface area contributed by atoms with E-state index in [0.717, 1.165) is 38.0 Å². The molecule has 1 aliphatic heterocycles. The summed E-state index contributed by atoms with van der Waals surface area (Å²) >= 11 is 0. The Morgan fingerprint density at radius 1 is 0.950 bits per heavy atom. The lowest BCUT2D eigenvalue weighted by Crippen LogP contribution is -2.58. The number of aliphatic hydroxyl groups is 4. The van der Waals surface area contributed by atoms with Crippen molar-refractivity contribution in [1.82, 2.24) is 0 Å². The fourth-order valence-electron chi connectivity index (χ4n) is 10.2. The molecule has 0 aromatic carbocycles. The highest BCUT2D eigenvalue weighted by Crippen LogP contribution is 2.67. The van der Waals surface area contributed by atoms with Crippen molar-refractivity contribution in [3.63, 3.8) is 0 Å². The van der Waals surface area contributed by atoms with Crippen molar-refractivity contribution in [2.24, 2.45) is 52.3 Å². The third-order valence-corrected chi connectivity index (χ3v) is 13.1. The lowest BCUT2D eigenvalue weighted by atomic mass is 9.47. The number of ether oxygens (including phenoxy) is 2. The zero-order chi connectivity index (χ0) is 29.1. The molecular formula is C34H58O6. The first-order valence-electron chi connectivity index (χ1n) is 16.5. The molecule has 0 radical (unpaired) electrons. The highest BCUT2D eigenvalue weighted by atomic mass is 16.7. The molecule has 0 spiro atoms. The Bertz CT molecular complexity index is 920. The van der Waals surface area contributed by atoms with Gasteiger partial charge in [0.1, 0.15) is 18.3 Å². The van der Waals surface area contributed by atoms with E-state index in [4.69, 9.17) is 9.47 Å². The summed E-state index contributed by atoms with van der Waals surface area (Å²) < 4.78 is 12.0. The summed E-state index contributed by atoms with van der Waals surface area (Å²) in [6, 6.07) is 0. The van der Waals surface area contributed by atoms with Gasteiger partial charge in [-0.2, -0.15) is 0 Å². The van der Waals surface area contributed by atoms with Crippen molar-refractivity contribution < 1.29 is 29.9 Å². The van der Waals surface area contributed by atoms with Gasteiger partial charge in [-0.25, -0.2) is 0 Å². The van der Waals surface area contributed by atoms with Gasteiger partial charge in [-0.15, -0.1) is 0 Å². The van der Waals surface area contributed by atoms with Gasteiger partial charge in [0, 0.05) is 0 Å². The fraction of sp³-hybridized carbons (Fsp3) is 0.941. The van der Waals surface area contributed by atoms with E-state index in [-0.39, 0.29) is 23.0 Å². The number of fused-ring (bicyclic) bond motifs is 5. The molecule has 0 aromatic rings. The van der Waals surface area contributed by atoms with E-state index < -0.39 is 30.7 Å². The summed E-state index contributed by atoms with van der Waals surface area (Å²) in [5.74, 6) is 4.26. The minimum Gasteiger partial charge on any atom is -0.393 e. The SMILES string of the molecule is CC(C)[C@@H](C)CC[C@@H](C)[C@H]1[C@@H](O)C[C@H]2[C@@H]3CC=C4C[C@@H](O[C@@H]5O[C@@H](C)[C@@H](O)[C@@H](O)[C@@H]5O)CC[C@]4(C)[C@H]3CC[C@]12C. The summed E-state index contributed by atoms with van der Waals surface area (Å²) in [6.45, 7) is 16.1. The molecule has 6 heteroatoms. The Kier molecular flexibility index (Phi) is 8.93. The maximum absolute atomic E-state index is 11.5. The van der Waals surface area contributed by atoms with Crippen LogP contribution >= 0.6 is 0 Å². The molecule has 40 heavy (non-hydrogen) atoms. The maximum Gasteiger partial charge on any atom is 0.186 e. The molecule has 3 saturated carbocycles. The van der Waals surface area contributed by atoms with Gasteiger partial charge in [0.2, 0.25) is 0 Å². The van der Waals surface area contributed by atoms with Crippen LogP contribution in [0, 0.1) is 52.3 Å². The average molecular weight is 563 g/mol. The Hall–Kier alpha value is -0.500. The van der Waals surface area contributed by atoms with Gasteiger partial charge in [0.05, 0.1) is 18.3 Å². The zero-order valence-corrected chi connectivity index (χ0v) is 26.1. The molecule has 15 atom stereocenters. The van der Waals surface area contributed by atoms with Crippen molar-refractivity contribution in [2.75, 3.05) is 0 Å². The highest BCUT2D eigenvalue weighted by Gasteiger charge is 2.61. The molecule has 0 bridgehead atoms. The topological polar surface area (TPSA) is 99.4 Å². The zero-order valence-electron chi connectivity index (χ0n) is 26.1. The number of aliphatic hydroxyl groups excluding tert-OH is 4. The predicted molar refractivity (Wildman–Crippen MR) is 156 cm³/mol. The van der Waals surface area contributed by atoms with Crippen molar-refractivity contribution >= 4 is 0 Å². The van der Waals surface area contributed by atoms with E-state index in [2.05, 4.69) is 47.6 Å². The van der Waals surface area contributed by atoms with Gasteiger partial charge in [-0.1, -0.05) is 66.0 Å². The maximum atomic E-state index is 11.5. The summed E-state index contributed by atoms with van der Waals surface area (Å²) in [7, 11) is 0. The van der Waals surface area contributed by atoms with Crippen LogP contribution in [-0.4, -0.2) is 63.3 Å². The molecule has 4 aliphatic carbocycles. The summed E-state index contributed by atoms with van der Waals surface area (Å²) in [6.07, 6.45) is 6.87. The minimum atomic E-state index is -1.26. The van der Waals surface area contributed by atoms with Crippen LogP contribution in [0.1, 0.15) is 106 Å². The van der Waals surface area contributed by atoms with Crippen molar-refractivity contribution in [3.8, 4) is 0 Å². The molecule has 0 aromatic heterocycles. The van der Waals surface area contributed by atoms with Crippen LogP contribution < -0.4 is 0 Å². The molecule has 5 aliphatic rings. The monoisotopic (exact) mass is 562 g/mol. The Labute approximate surface area is 242 Å².